The highest BCUT2D eigenvalue weighted by molar-refractivity contribution is 7.97. The van der Waals surface area contributed by atoms with Crippen molar-refractivity contribution >= 4 is 11.8 Å². The zero-order valence-corrected chi connectivity index (χ0v) is 9.54. The van der Waals surface area contributed by atoms with Crippen molar-refractivity contribution < 1.29 is 9.63 Å². The quantitative estimate of drug-likeness (QED) is 0.808. The number of hydrogen-bond donors (Lipinski definition) is 1. The van der Waals surface area contributed by atoms with E-state index >= 15 is 0 Å². The maximum atomic E-state index is 9.59. The molecule has 0 saturated heterocycles. The third-order valence-electron chi connectivity index (χ3n) is 1.94. The predicted octanol–water partition coefficient (Wildman–Crippen LogP) is 1.49. The summed E-state index contributed by atoms with van der Waals surface area (Å²) in [5, 5.41) is 13.4. The van der Waals surface area contributed by atoms with Gasteiger partial charge in [0.05, 0.1) is 18.3 Å². The fourth-order valence-electron chi connectivity index (χ4n) is 0.975. The van der Waals surface area contributed by atoms with Gasteiger partial charge in [-0.25, -0.2) is 0 Å². The van der Waals surface area contributed by atoms with Crippen LogP contribution >= 0.6 is 11.8 Å². The lowest BCUT2D eigenvalue weighted by Crippen LogP contribution is -2.17. The van der Waals surface area contributed by atoms with Crippen molar-refractivity contribution in [2.75, 3.05) is 6.26 Å². The summed E-state index contributed by atoms with van der Waals surface area (Å²) >= 11 is 1.65. The predicted molar refractivity (Wildman–Crippen MR) is 56.1 cm³/mol. The second kappa shape index (κ2) is 5.36. The summed E-state index contributed by atoms with van der Waals surface area (Å²) in [6.07, 6.45) is 2.02. The van der Waals surface area contributed by atoms with E-state index in [9.17, 15) is 5.11 Å². The fourth-order valence-corrected chi connectivity index (χ4v) is 1.35. The first-order chi connectivity index (χ1) is 6.63. The molecule has 14 heavy (non-hydrogen) atoms. The third kappa shape index (κ3) is 3.31. The minimum Gasteiger partial charge on any atom is -0.392 e. The molecule has 0 aliphatic carbocycles. The molecule has 5 heteroatoms. The van der Waals surface area contributed by atoms with Crippen molar-refractivity contribution in [2.24, 2.45) is 5.92 Å². The third-order valence-corrected chi connectivity index (χ3v) is 2.48. The van der Waals surface area contributed by atoms with Crippen LogP contribution in [0.4, 0.5) is 0 Å². The van der Waals surface area contributed by atoms with E-state index in [0.29, 0.717) is 18.1 Å². The van der Waals surface area contributed by atoms with Crippen LogP contribution in [0.5, 0.6) is 0 Å². The van der Waals surface area contributed by atoms with Gasteiger partial charge in [0.1, 0.15) is 0 Å². The first-order valence-electron chi connectivity index (χ1n) is 4.62. The summed E-state index contributed by atoms with van der Waals surface area (Å²) in [4.78, 5) is 4.16. The average molecular weight is 216 g/mol. The second-order valence-corrected chi connectivity index (χ2v) is 4.42. The molecule has 4 nitrogen and oxygen atoms in total. The van der Waals surface area contributed by atoms with Crippen molar-refractivity contribution in [3.05, 3.63) is 11.7 Å². The number of aliphatic hydroxyl groups excluding tert-OH is 1. The lowest BCUT2D eigenvalue weighted by molar-refractivity contribution is 0.116. The number of rotatable bonds is 5. The summed E-state index contributed by atoms with van der Waals surface area (Å²) in [6.45, 7) is 3.92. The Morgan fingerprint density at radius 2 is 2.21 bits per heavy atom. The van der Waals surface area contributed by atoms with Gasteiger partial charge in [0.15, 0.2) is 5.82 Å². The molecule has 0 fully saturated rings. The van der Waals surface area contributed by atoms with Crippen molar-refractivity contribution in [2.45, 2.75) is 32.1 Å². The van der Waals surface area contributed by atoms with Gasteiger partial charge in [-0.05, 0) is 12.2 Å². The van der Waals surface area contributed by atoms with Gasteiger partial charge in [-0.3, -0.25) is 0 Å². The molecule has 0 aliphatic rings. The van der Waals surface area contributed by atoms with Gasteiger partial charge in [-0.2, -0.15) is 16.7 Å². The molecule has 1 heterocycles. The lowest BCUT2D eigenvalue weighted by atomic mass is 10.0. The molecule has 1 unspecified atom stereocenters. The van der Waals surface area contributed by atoms with Crippen LogP contribution in [0.25, 0.3) is 0 Å². The van der Waals surface area contributed by atoms with E-state index in [0.717, 1.165) is 5.75 Å². The number of nitrogens with zero attached hydrogens (tertiary/aromatic N) is 2. The molecule has 1 aromatic heterocycles. The molecule has 0 amide bonds. The Kier molecular flexibility index (Phi) is 4.41. The molecule has 1 aromatic rings. The largest absolute Gasteiger partial charge is 0.392 e. The molecule has 0 radical (unpaired) electrons. The van der Waals surface area contributed by atoms with Crippen LogP contribution in [0.1, 0.15) is 25.6 Å². The Morgan fingerprint density at radius 1 is 1.50 bits per heavy atom. The fraction of sp³-hybridized carbons (Fsp3) is 0.778. The average Bonchev–Trinajstić information content (AvgIpc) is 2.53. The van der Waals surface area contributed by atoms with Gasteiger partial charge in [-0.1, -0.05) is 19.0 Å². The molecule has 0 spiro atoms. The summed E-state index contributed by atoms with van der Waals surface area (Å²) in [5.74, 6) is 2.19. The Balaban J connectivity index is 2.50. The van der Waals surface area contributed by atoms with Crippen LogP contribution in [0.3, 0.4) is 0 Å². The van der Waals surface area contributed by atoms with Crippen LogP contribution in [0.15, 0.2) is 4.52 Å². The number of hydrogen-bond acceptors (Lipinski definition) is 5. The molecule has 0 bridgehead atoms. The van der Waals surface area contributed by atoms with Crippen LogP contribution in [0, 0.1) is 5.92 Å². The highest BCUT2D eigenvalue weighted by atomic mass is 32.2. The Bertz CT molecular complexity index is 276. The number of aromatic nitrogens is 2. The first-order valence-corrected chi connectivity index (χ1v) is 6.01. The van der Waals surface area contributed by atoms with Crippen molar-refractivity contribution in [1.82, 2.24) is 10.1 Å². The highest BCUT2D eigenvalue weighted by Crippen LogP contribution is 2.10. The summed E-state index contributed by atoms with van der Waals surface area (Å²) in [5.41, 5.74) is 0. The van der Waals surface area contributed by atoms with E-state index in [1.165, 1.54) is 0 Å². The van der Waals surface area contributed by atoms with E-state index in [-0.39, 0.29) is 5.92 Å². The Labute approximate surface area is 88.1 Å². The number of thioether (sulfide) groups is 1. The molecular formula is C9H16N2O2S. The zero-order chi connectivity index (χ0) is 10.6. The SMILES string of the molecule is CSCc1noc(CC(O)C(C)C)n1. The van der Waals surface area contributed by atoms with Crippen molar-refractivity contribution in [3.8, 4) is 0 Å². The molecule has 1 rings (SSSR count). The molecule has 0 aliphatic heterocycles. The van der Waals surface area contributed by atoms with Gasteiger partial charge < -0.3 is 9.63 Å². The molecule has 80 valence electrons. The van der Waals surface area contributed by atoms with E-state index in [1.807, 2.05) is 20.1 Å². The lowest BCUT2D eigenvalue weighted by Gasteiger charge is -2.10. The molecular weight excluding hydrogens is 200 g/mol. The Morgan fingerprint density at radius 3 is 2.79 bits per heavy atom. The molecule has 0 saturated carbocycles. The standard InChI is InChI=1S/C9H16N2O2S/c1-6(2)7(12)4-9-10-8(5-14-3)11-13-9/h6-7,12H,4-5H2,1-3H3. The van der Waals surface area contributed by atoms with Crippen molar-refractivity contribution in [1.29, 1.82) is 0 Å². The summed E-state index contributed by atoms with van der Waals surface area (Å²) < 4.78 is 5.00. The Hall–Kier alpha value is -0.550. The smallest absolute Gasteiger partial charge is 0.229 e. The first kappa shape index (κ1) is 11.5. The summed E-state index contributed by atoms with van der Waals surface area (Å²) in [7, 11) is 0. The van der Waals surface area contributed by atoms with Crippen molar-refractivity contribution in [3.63, 3.8) is 0 Å². The van der Waals surface area contributed by atoms with Crippen LogP contribution in [-0.2, 0) is 12.2 Å². The minimum atomic E-state index is -0.405. The van der Waals surface area contributed by atoms with Gasteiger partial charge in [0.25, 0.3) is 0 Å². The molecule has 1 atom stereocenters. The van der Waals surface area contributed by atoms with E-state index in [1.54, 1.807) is 11.8 Å². The van der Waals surface area contributed by atoms with E-state index in [2.05, 4.69) is 10.1 Å². The van der Waals surface area contributed by atoms with Crippen LogP contribution in [-0.4, -0.2) is 27.6 Å². The molecule has 1 N–H and O–H groups in total. The highest BCUT2D eigenvalue weighted by Gasteiger charge is 2.14. The van der Waals surface area contributed by atoms with E-state index < -0.39 is 6.10 Å². The normalized spacial score (nSPS) is 13.5. The van der Waals surface area contributed by atoms with Crippen LogP contribution in [0.2, 0.25) is 0 Å². The topological polar surface area (TPSA) is 59.2 Å². The molecule has 0 aromatic carbocycles. The van der Waals surface area contributed by atoms with Gasteiger partial charge in [-0.15, -0.1) is 0 Å². The second-order valence-electron chi connectivity index (χ2n) is 3.55. The zero-order valence-electron chi connectivity index (χ0n) is 8.73. The van der Waals surface area contributed by atoms with Gasteiger partial charge in [0.2, 0.25) is 5.89 Å². The minimum absolute atomic E-state index is 0.214. The number of aliphatic hydroxyl groups is 1. The maximum Gasteiger partial charge on any atom is 0.229 e. The summed E-state index contributed by atoms with van der Waals surface area (Å²) in [6, 6.07) is 0. The monoisotopic (exact) mass is 216 g/mol. The van der Waals surface area contributed by atoms with Gasteiger partial charge >= 0.3 is 0 Å². The van der Waals surface area contributed by atoms with Gasteiger partial charge in [0, 0.05) is 0 Å². The van der Waals surface area contributed by atoms with E-state index in [4.69, 9.17) is 4.52 Å². The van der Waals surface area contributed by atoms with Crippen LogP contribution < -0.4 is 0 Å². The maximum absolute atomic E-state index is 9.59.